The number of benzene rings is 2. The first-order valence-corrected chi connectivity index (χ1v) is 8.89. The molecule has 1 aliphatic heterocycles. The highest BCUT2D eigenvalue weighted by Crippen LogP contribution is 2.23. The summed E-state index contributed by atoms with van der Waals surface area (Å²) < 4.78 is 1.95. The van der Waals surface area contributed by atoms with Gasteiger partial charge in [-0.1, -0.05) is 36.4 Å². The molecular formula is C21H24N4. The Balaban J connectivity index is 1.38. The fourth-order valence-electron chi connectivity index (χ4n) is 3.56. The van der Waals surface area contributed by atoms with Gasteiger partial charge in [-0.05, 0) is 37.7 Å². The maximum Gasteiger partial charge on any atom is 0.0645 e. The second-order valence-corrected chi connectivity index (χ2v) is 6.77. The molecule has 0 saturated carbocycles. The van der Waals surface area contributed by atoms with Crippen molar-refractivity contribution in [2.45, 2.75) is 19.0 Å². The van der Waals surface area contributed by atoms with Gasteiger partial charge in [-0.2, -0.15) is 5.10 Å². The van der Waals surface area contributed by atoms with E-state index in [-0.39, 0.29) is 0 Å². The standard InChI is InChI=1S/C21H24N4/c1-23(21-12-13-24(17-21)19-8-4-2-5-9-19)15-18-14-22-25(16-18)20-10-6-3-7-11-20/h2-11,14,16,21H,12-13,15,17H2,1H3. The van der Waals surface area contributed by atoms with Gasteiger partial charge >= 0.3 is 0 Å². The first-order valence-electron chi connectivity index (χ1n) is 8.89. The molecule has 4 rings (SSSR count). The molecule has 0 radical (unpaired) electrons. The zero-order chi connectivity index (χ0) is 17.1. The topological polar surface area (TPSA) is 24.3 Å². The van der Waals surface area contributed by atoms with E-state index >= 15 is 0 Å². The van der Waals surface area contributed by atoms with E-state index in [0.717, 1.165) is 25.3 Å². The number of rotatable bonds is 5. The Kier molecular flexibility index (Phi) is 4.53. The van der Waals surface area contributed by atoms with E-state index in [1.165, 1.54) is 17.7 Å². The van der Waals surface area contributed by atoms with Crippen molar-refractivity contribution in [1.82, 2.24) is 14.7 Å². The minimum absolute atomic E-state index is 0.584. The van der Waals surface area contributed by atoms with Crippen LogP contribution in [0, 0.1) is 0 Å². The predicted octanol–water partition coefficient (Wildman–Crippen LogP) is 3.58. The minimum atomic E-state index is 0.584. The first kappa shape index (κ1) is 15.9. The van der Waals surface area contributed by atoms with Crippen LogP contribution >= 0.6 is 0 Å². The predicted molar refractivity (Wildman–Crippen MR) is 102 cm³/mol. The average Bonchev–Trinajstić information content (AvgIpc) is 3.33. The van der Waals surface area contributed by atoms with E-state index in [4.69, 9.17) is 0 Å². The van der Waals surface area contributed by atoms with Gasteiger partial charge in [0.1, 0.15) is 0 Å². The molecule has 4 nitrogen and oxygen atoms in total. The molecule has 1 unspecified atom stereocenters. The third kappa shape index (κ3) is 3.59. The monoisotopic (exact) mass is 332 g/mol. The van der Waals surface area contributed by atoms with Gasteiger partial charge in [0.25, 0.3) is 0 Å². The summed E-state index contributed by atoms with van der Waals surface area (Å²) in [5, 5.41) is 4.51. The van der Waals surface area contributed by atoms with Crippen LogP contribution in [0.3, 0.4) is 0 Å². The molecule has 1 aliphatic rings. The Hall–Kier alpha value is -2.59. The zero-order valence-electron chi connectivity index (χ0n) is 14.6. The Morgan fingerprint density at radius 1 is 1.00 bits per heavy atom. The third-order valence-corrected chi connectivity index (χ3v) is 5.00. The molecule has 0 aliphatic carbocycles. The Morgan fingerprint density at radius 3 is 2.40 bits per heavy atom. The van der Waals surface area contributed by atoms with E-state index in [1.54, 1.807) is 0 Å². The van der Waals surface area contributed by atoms with E-state index in [9.17, 15) is 0 Å². The van der Waals surface area contributed by atoms with E-state index in [1.807, 2.05) is 29.1 Å². The Bertz CT molecular complexity index is 797. The fourth-order valence-corrected chi connectivity index (χ4v) is 3.56. The van der Waals surface area contributed by atoms with Crippen LogP contribution in [0.1, 0.15) is 12.0 Å². The number of hydrogen-bond donors (Lipinski definition) is 0. The van der Waals surface area contributed by atoms with Crippen molar-refractivity contribution in [3.8, 4) is 5.69 Å². The summed E-state index contributed by atoms with van der Waals surface area (Å²) in [6.07, 6.45) is 5.32. The summed E-state index contributed by atoms with van der Waals surface area (Å²) in [6, 6.07) is 21.6. The average molecular weight is 332 g/mol. The highest BCUT2D eigenvalue weighted by molar-refractivity contribution is 5.47. The van der Waals surface area contributed by atoms with Crippen LogP contribution in [0.2, 0.25) is 0 Å². The van der Waals surface area contributed by atoms with Gasteiger partial charge in [0.15, 0.2) is 0 Å². The van der Waals surface area contributed by atoms with Crippen LogP contribution in [-0.4, -0.2) is 40.9 Å². The highest BCUT2D eigenvalue weighted by atomic mass is 15.3. The quantitative estimate of drug-likeness (QED) is 0.714. The van der Waals surface area contributed by atoms with Crippen molar-refractivity contribution < 1.29 is 0 Å². The molecule has 2 aromatic carbocycles. The van der Waals surface area contributed by atoms with E-state index < -0.39 is 0 Å². The fraction of sp³-hybridized carbons (Fsp3) is 0.286. The maximum absolute atomic E-state index is 4.51. The Labute approximate surface area is 149 Å². The summed E-state index contributed by atoms with van der Waals surface area (Å²) in [7, 11) is 2.22. The lowest BCUT2D eigenvalue weighted by Gasteiger charge is -2.24. The summed E-state index contributed by atoms with van der Waals surface area (Å²) in [6.45, 7) is 3.15. The number of hydrogen-bond acceptors (Lipinski definition) is 3. The smallest absolute Gasteiger partial charge is 0.0645 e. The van der Waals surface area contributed by atoms with Crippen molar-refractivity contribution in [3.63, 3.8) is 0 Å². The molecule has 25 heavy (non-hydrogen) atoms. The summed E-state index contributed by atoms with van der Waals surface area (Å²) >= 11 is 0. The van der Waals surface area contributed by atoms with Gasteiger partial charge in [0.05, 0.1) is 11.9 Å². The molecule has 1 atom stereocenters. The number of aromatic nitrogens is 2. The number of para-hydroxylation sites is 2. The lowest BCUT2D eigenvalue weighted by atomic mass is 10.2. The van der Waals surface area contributed by atoms with Crippen LogP contribution in [0.4, 0.5) is 5.69 Å². The lowest BCUT2D eigenvalue weighted by Crippen LogP contribution is -2.34. The lowest BCUT2D eigenvalue weighted by molar-refractivity contribution is 0.250. The van der Waals surface area contributed by atoms with Gasteiger partial charge < -0.3 is 4.90 Å². The van der Waals surface area contributed by atoms with Crippen molar-refractivity contribution in [2.75, 3.05) is 25.0 Å². The maximum atomic E-state index is 4.51. The Morgan fingerprint density at radius 2 is 1.68 bits per heavy atom. The zero-order valence-corrected chi connectivity index (χ0v) is 14.6. The molecule has 128 valence electrons. The number of nitrogens with zero attached hydrogens (tertiary/aromatic N) is 4. The first-order chi connectivity index (χ1) is 12.3. The van der Waals surface area contributed by atoms with Crippen molar-refractivity contribution in [3.05, 3.63) is 78.6 Å². The van der Waals surface area contributed by atoms with Crippen LogP contribution in [0.5, 0.6) is 0 Å². The molecule has 0 spiro atoms. The largest absolute Gasteiger partial charge is 0.370 e. The second-order valence-electron chi connectivity index (χ2n) is 6.77. The van der Waals surface area contributed by atoms with Gasteiger partial charge in [0, 0.05) is 43.1 Å². The van der Waals surface area contributed by atoms with Gasteiger partial charge in [0.2, 0.25) is 0 Å². The molecular weight excluding hydrogens is 308 g/mol. The van der Waals surface area contributed by atoms with Crippen LogP contribution in [0.15, 0.2) is 73.1 Å². The van der Waals surface area contributed by atoms with Crippen LogP contribution in [-0.2, 0) is 6.54 Å². The molecule has 2 heterocycles. The number of likely N-dealkylation sites (N-methyl/N-ethyl adjacent to an activating group) is 1. The summed E-state index contributed by atoms with van der Waals surface area (Å²) in [5.41, 5.74) is 3.69. The van der Waals surface area contributed by atoms with Crippen LogP contribution in [0.25, 0.3) is 5.69 Å². The molecule has 1 saturated heterocycles. The van der Waals surface area contributed by atoms with E-state index in [0.29, 0.717) is 6.04 Å². The molecule has 0 bridgehead atoms. The molecule has 0 amide bonds. The minimum Gasteiger partial charge on any atom is -0.370 e. The summed E-state index contributed by atoms with van der Waals surface area (Å²) in [4.78, 5) is 4.93. The third-order valence-electron chi connectivity index (χ3n) is 5.00. The van der Waals surface area contributed by atoms with Gasteiger partial charge in [-0.3, -0.25) is 4.90 Å². The molecule has 0 N–H and O–H groups in total. The van der Waals surface area contributed by atoms with E-state index in [2.05, 4.69) is 70.6 Å². The van der Waals surface area contributed by atoms with Crippen molar-refractivity contribution >= 4 is 5.69 Å². The molecule has 1 aromatic heterocycles. The van der Waals surface area contributed by atoms with Gasteiger partial charge in [-0.25, -0.2) is 4.68 Å². The SMILES string of the molecule is CN(Cc1cnn(-c2ccccc2)c1)C1CCN(c2ccccc2)C1. The molecule has 3 aromatic rings. The van der Waals surface area contributed by atoms with Crippen LogP contribution < -0.4 is 4.90 Å². The number of anilines is 1. The molecule has 4 heteroatoms. The second kappa shape index (κ2) is 7.11. The normalized spacial score (nSPS) is 17.4. The van der Waals surface area contributed by atoms with Gasteiger partial charge in [-0.15, -0.1) is 0 Å². The highest BCUT2D eigenvalue weighted by Gasteiger charge is 2.26. The van der Waals surface area contributed by atoms with Crippen molar-refractivity contribution in [1.29, 1.82) is 0 Å². The van der Waals surface area contributed by atoms with Crippen molar-refractivity contribution in [2.24, 2.45) is 0 Å². The molecule has 1 fully saturated rings. The summed E-state index contributed by atoms with van der Waals surface area (Å²) in [5.74, 6) is 0.